The van der Waals surface area contributed by atoms with Crippen molar-refractivity contribution in [3.8, 4) is 0 Å². The Hall–Kier alpha value is -3.09. The number of aromatic nitrogens is 2. The number of H-pyrrole nitrogens is 1. The van der Waals surface area contributed by atoms with Gasteiger partial charge >= 0.3 is 5.97 Å². The maximum Gasteiger partial charge on any atom is 0.329 e. The highest BCUT2D eigenvalue weighted by molar-refractivity contribution is 5.87. The number of hydrogen-bond donors (Lipinski definition) is 2. The van der Waals surface area contributed by atoms with Crippen LogP contribution in [0.15, 0.2) is 41.1 Å². The van der Waals surface area contributed by atoms with Crippen molar-refractivity contribution in [3.63, 3.8) is 0 Å². The smallest absolute Gasteiger partial charge is 0.329 e. The van der Waals surface area contributed by atoms with Crippen molar-refractivity contribution in [2.24, 2.45) is 5.92 Å². The van der Waals surface area contributed by atoms with Crippen LogP contribution in [0.4, 0.5) is 0 Å². The normalized spacial score (nSPS) is 12.9. The van der Waals surface area contributed by atoms with Crippen LogP contribution in [0.25, 0.3) is 10.9 Å². The van der Waals surface area contributed by atoms with Crippen LogP contribution in [0, 0.1) is 5.92 Å². The zero-order valence-electron chi connectivity index (χ0n) is 18.1. The van der Waals surface area contributed by atoms with Gasteiger partial charge < -0.3 is 19.5 Å². The number of carbonyl (C=O) groups excluding carboxylic acids is 2. The van der Waals surface area contributed by atoms with Crippen LogP contribution < -0.4 is 5.32 Å². The molecule has 1 atom stereocenters. The van der Waals surface area contributed by atoms with Crippen LogP contribution in [0.2, 0.25) is 0 Å². The molecule has 2 heterocycles. The second kappa shape index (κ2) is 8.73. The van der Waals surface area contributed by atoms with Crippen LogP contribution in [0.1, 0.15) is 51.8 Å². The summed E-state index contributed by atoms with van der Waals surface area (Å²) in [6.45, 7) is 9.53. The molecular weight excluding hydrogens is 382 g/mol. The first-order valence-corrected chi connectivity index (χ1v) is 10.1. The number of aromatic amines is 1. The lowest BCUT2D eigenvalue weighted by Crippen LogP contribution is -2.44. The summed E-state index contributed by atoms with van der Waals surface area (Å²) in [7, 11) is 0. The molecule has 160 valence electrons. The molecule has 0 spiro atoms. The van der Waals surface area contributed by atoms with Crippen LogP contribution in [0.5, 0.6) is 0 Å². The highest BCUT2D eigenvalue weighted by Crippen LogP contribution is 2.23. The molecule has 7 nitrogen and oxygen atoms in total. The molecule has 0 aliphatic rings. The molecule has 0 saturated carbocycles. The zero-order valence-corrected chi connectivity index (χ0v) is 18.1. The van der Waals surface area contributed by atoms with Crippen LogP contribution >= 0.6 is 0 Å². The van der Waals surface area contributed by atoms with Crippen LogP contribution in [0.3, 0.4) is 0 Å². The molecule has 0 unspecified atom stereocenters. The number of benzene rings is 1. The number of amides is 1. The molecule has 0 aliphatic carbocycles. The number of fused-ring (bicyclic) bond motifs is 1. The van der Waals surface area contributed by atoms with E-state index in [1.807, 2.05) is 51.2 Å². The van der Waals surface area contributed by atoms with Crippen molar-refractivity contribution in [3.05, 3.63) is 53.9 Å². The van der Waals surface area contributed by atoms with Crippen molar-refractivity contribution in [2.45, 2.75) is 59.1 Å². The van der Waals surface area contributed by atoms with E-state index in [9.17, 15) is 9.59 Å². The third-order valence-electron chi connectivity index (χ3n) is 4.86. The number of hydrogen-bond acceptors (Lipinski definition) is 5. The van der Waals surface area contributed by atoms with Gasteiger partial charge in [-0.25, -0.2) is 9.78 Å². The van der Waals surface area contributed by atoms with Gasteiger partial charge in [-0.2, -0.15) is 0 Å². The second-order valence-corrected chi connectivity index (χ2v) is 8.76. The molecule has 3 rings (SSSR count). The van der Waals surface area contributed by atoms with Crippen LogP contribution in [-0.2, 0) is 32.8 Å². The van der Waals surface area contributed by atoms with Crippen molar-refractivity contribution in [1.82, 2.24) is 15.3 Å². The summed E-state index contributed by atoms with van der Waals surface area (Å²) in [6.07, 6.45) is 3.82. The van der Waals surface area contributed by atoms with Gasteiger partial charge in [0, 0.05) is 34.9 Å². The molecule has 30 heavy (non-hydrogen) atoms. The molecule has 1 amide bonds. The lowest BCUT2D eigenvalue weighted by Gasteiger charge is -2.18. The van der Waals surface area contributed by atoms with Crippen molar-refractivity contribution < 1.29 is 18.7 Å². The summed E-state index contributed by atoms with van der Waals surface area (Å²) in [5.74, 6) is 0.0726. The fourth-order valence-electron chi connectivity index (χ4n) is 3.01. The fraction of sp³-hybridized carbons (Fsp3) is 0.435. The topological polar surface area (TPSA) is 97.2 Å². The lowest BCUT2D eigenvalue weighted by atomic mass is 9.94. The van der Waals surface area contributed by atoms with E-state index in [-0.39, 0.29) is 23.8 Å². The Balaban J connectivity index is 1.73. The summed E-state index contributed by atoms with van der Waals surface area (Å²) in [6, 6.07) is 7.02. The van der Waals surface area contributed by atoms with Crippen LogP contribution in [-0.4, -0.2) is 27.9 Å². The fourth-order valence-corrected chi connectivity index (χ4v) is 3.01. The average Bonchev–Trinajstić information content (AvgIpc) is 3.32. The number of ether oxygens (including phenoxy) is 1. The number of nitrogens with zero attached hydrogens (tertiary/aromatic N) is 1. The molecule has 7 heteroatoms. The van der Waals surface area contributed by atoms with E-state index in [1.54, 1.807) is 20.0 Å². The van der Waals surface area contributed by atoms with Gasteiger partial charge in [0.1, 0.15) is 11.8 Å². The van der Waals surface area contributed by atoms with E-state index in [0.29, 0.717) is 12.3 Å². The Morgan fingerprint density at radius 3 is 2.63 bits per heavy atom. The SMILES string of the molecule is CC(C)C(=O)N[C@H](Cc1c[nH]c2ccccc12)C(=O)OCc1ncc(C(C)(C)C)o1. The Kier molecular flexibility index (Phi) is 6.29. The van der Waals surface area contributed by atoms with E-state index < -0.39 is 12.0 Å². The number of para-hydroxylation sites is 1. The minimum atomic E-state index is -0.809. The Morgan fingerprint density at radius 2 is 1.97 bits per heavy atom. The third-order valence-corrected chi connectivity index (χ3v) is 4.86. The van der Waals surface area contributed by atoms with Gasteiger partial charge in [-0.05, 0) is 11.6 Å². The Labute approximate surface area is 176 Å². The number of esters is 1. The maximum absolute atomic E-state index is 12.8. The van der Waals surface area contributed by atoms with E-state index in [1.165, 1.54) is 0 Å². The molecule has 2 aromatic heterocycles. The Bertz CT molecular complexity index is 1030. The quantitative estimate of drug-likeness (QED) is 0.575. The minimum absolute atomic E-state index is 0.0865. The number of nitrogens with one attached hydrogen (secondary N) is 2. The Morgan fingerprint density at radius 1 is 1.23 bits per heavy atom. The monoisotopic (exact) mass is 411 g/mol. The number of oxazole rings is 1. The first-order chi connectivity index (χ1) is 14.1. The summed E-state index contributed by atoms with van der Waals surface area (Å²) >= 11 is 0. The van der Waals surface area contributed by atoms with E-state index in [0.717, 1.165) is 22.2 Å². The van der Waals surface area contributed by atoms with Gasteiger partial charge in [0.15, 0.2) is 6.61 Å². The molecule has 0 aliphatic heterocycles. The third kappa shape index (κ3) is 5.09. The molecule has 0 radical (unpaired) electrons. The minimum Gasteiger partial charge on any atom is -0.454 e. The van der Waals surface area contributed by atoms with Gasteiger partial charge in [-0.3, -0.25) is 4.79 Å². The van der Waals surface area contributed by atoms with Crippen molar-refractivity contribution >= 4 is 22.8 Å². The molecule has 0 bridgehead atoms. The van der Waals surface area contributed by atoms with E-state index in [4.69, 9.17) is 9.15 Å². The summed E-state index contributed by atoms with van der Waals surface area (Å²) in [5.41, 5.74) is 1.73. The molecule has 3 aromatic rings. The maximum atomic E-state index is 12.8. The average molecular weight is 412 g/mol. The molecular formula is C23H29N3O4. The van der Waals surface area contributed by atoms with Gasteiger partial charge in [0.05, 0.1) is 6.20 Å². The van der Waals surface area contributed by atoms with Crippen molar-refractivity contribution in [1.29, 1.82) is 0 Å². The van der Waals surface area contributed by atoms with Gasteiger partial charge in [-0.1, -0.05) is 52.8 Å². The van der Waals surface area contributed by atoms with E-state index >= 15 is 0 Å². The first kappa shape index (κ1) is 21.6. The van der Waals surface area contributed by atoms with Gasteiger partial charge in [0.2, 0.25) is 11.8 Å². The van der Waals surface area contributed by atoms with Crippen molar-refractivity contribution in [2.75, 3.05) is 0 Å². The van der Waals surface area contributed by atoms with Gasteiger partial charge in [0.25, 0.3) is 0 Å². The number of rotatable bonds is 7. The predicted molar refractivity (Wildman–Crippen MR) is 114 cm³/mol. The summed E-state index contributed by atoms with van der Waals surface area (Å²) in [4.78, 5) is 32.5. The highest BCUT2D eigenvalue weighted by Gasteiger charge is 2.26. The highest BCUT2D eigenvalue weighted by atomic mass is 16.5. The first-order valence-electron chi connectivity index (χ1n) is 10.1. The lowest BCUT2D eigenvalue weighted by molar-refractivity contribution is -0.150. The largest absolute Gasteiger partial charge is 0.454 e. The van der Waals surface area contributed by atoms with E-state index in [2.05, 4.69) is 15.3 Å². The standard InChI is InChI=1S/C23H29N3O4/c1-14(2)21(27)26-18(10-15-11-24-17-9-7-6-8-16(15)17)22(28)29-13-20-25-12-19(30-20)23(3,4)5/h6-9,11-12,14,18,24H,10,13H2,1-5H3,(H,26,27)/t18-/m1/s1. The second-order valence-electron chi connectivity index (χ2n) is 8.76. The zero-order chi connectivity index (χ0) is 21.9. The van der Waals surface area contributed by atoms with Gasteiger partial charge in [-0.15, -0.1) is 0 Å². The molecule has 0 fully saturated rings. The number of carbonyl (C=O) groups is 2. The summed E-state index contributed by atoms with van der Waals surface area (Å²) in [5, 5.41) is 3.82. The summed E-state index contributed by atoms with van der Waals surface area (Å²) < 4.78 is 11.1. The predicted octanol–water partition coefficient (Wildman–Crippen LogP) is 3.88. The molecule has 1 aromatic carbocycles. The molecule has 0 saturated heterocycles. The molecule has 2 N–H and O–H groups in total.